The number of Topliss-reactive ketones (excluding diaryl/α,β-unsaturated/α-hetero) is 1. The number of hydrogen-bond acceptors (Lipinski definition) is 2. The second kappa shape index (κ2) is 4.97. The first kappa shape index (κ1) is 10.9. The van der Waals surface area contributed by atoms with Gasteiger partial charge in [0.15, 0.2) is 11.9 Å². The van der Waals surface area contributed by atoms with Gasteiger partial charge in [-0.25, -0.2) is 0 Å². The molecule has 0 spiro atoms. The van der Waals surface area contributed by atoms with E-state index in [0.717, 1.165) is 30.6 Å². The Morgan fingerprint density at radius 1 is 1.50 bits per heavy atom. The summed E-state index contributed by atoms with van der Waals surface area (Å²) in [6.07, 6.45) is 4.66. The number of para-hydroxylation sites is 1. The largest absolute Gasteiger partial charge is 0.482 e. The van der Waals surface area contributed by atoms with Gasteiger partial charge in [0.25, 0.3) is 0 Å². The second-order valence-electron chi connectivity index (χ2n) is 4.07. The van der Waals surface area contributed by atoms with Gasteiger partial charge in [0, 0.05) is 12.8 Å². The van der Waals surface area contributed by atoms with E-state index in [2.05, 4.69) is 6.58 Å². The van der Waals surface area contributed by atoms with Crippen molar-refractivity contribution in [2.24, 2.45) is 0 Å². The van der Waals surface area contributed by atoms with Gasteiger partial charge in [-0.15, -0.1) is 6.58 Å². The minimum Gasteiger partial charge on any atom is -0.482 e. The van der Waals surface area contributed by atoms with Gasteiger partial charge in [-0.05, 0) is 24.5 Å². The quantitative estimate of drug-likeness (QED) is 0.558. The Kier molecular flexibility index (Phi) is 3.40. The molecular weight excluding hydrogens is 200 g/mol. The monoisotopic (exact) mass is 216 g/mol. The zero-order valence-corrected chi connectivity index (χ0v) is 9.32. The number of carbonyl (C=O) groups excluding carboxylic acids is 1. The molecule has 1 aliphatic rings. The standard InChI is InChI=1S/C14H16O2/c1-2-3-4-8-12(15)14-10-11-7-5-6-9-13(11)16-14/h2,5-7,9,14H,1,3-4,8,10H2. The molecule has 0 saturated carbocycles. The second-order valence-corrected chi connectivity index (χ2v) is 4.07. The van der Waals surface area contributed by atoms with E-state index in [1.54, 1.807) is 0 Å². The molecule has 0 fully saturated rings. The Bertz CT molecular complexity index is 370. The molecule has 1 aromatic rings. The van der Waals surface area contributed by atoms with Gasteiger partial charge in [0.2, 0.25) is 0 Å². The fraction of sp³-hybridized carbons (Fsp3) is 0.357. The van der Waals surface area contributed by atoms with Crippen molar-refractivity contribution in [3.63, 3.8) is 0 Å². The average molecular weight is 216 g/mol. The van der Waals surface area contributed by atoms with E-state index >= 15 is 0 Å². The Morgan fingerprint density at radius 3 is 3.06 bits per heavy atom. The van der Waals surface area contributed by atoms with E-state index in [9.17, 15) is 4.79 Å². The Morgan fingerprint density at radius 2 is 2.31 bits per heavy atom. The molecule has 0 radical (unpaired) electrons. The van der Waals surface area contributed by atoms with Gasteiger partial charge in [-0.1, -0.05) is 24.3 Å². The van der Waals surface area contributed by atoms with Crippen molar-refractivity contribution in [2.45, 2.75) is 31.8 Å². The lowest BCUT2D eigenvalue weighted by molar-refractivity contribution is -0.125. The predicted molar refractivity (Wildman–Crippen MR) is 63.6 cm³/mol. The van der Waals surface area contributed by atoms with Crippen LogP contribution in [-0.4, -0.2) is 11.9 Å². The van der Waals surface area contributed by atoms with Crippen LogP contribution in [0, 0.1) is 0 Å². The Labute approximate surface area is 95.9 Å². The maximum Gasteiger partial charge on any atom is 0.173 e. The normalized spacial score (nSPS) is 17.6. The molecular formula is C14H16O2. The molecule has 84 valence electrons. The van der Waals surface area contributed by atoms with Crippen LogP contribution in [0.5, 0.6) is 5.75 Å². The van der Waals surface area contributed by atoms with Crippen LogP contribution in [0.2, 0.25) is 0 Å². The van der Waals surface area contributed by atoms with Gasteiger partial charge >= 0.3 is 0 Å². The van der Waals surface area contributed by atoms with Crippen LogP contribution in [0.15, 0.2) is 36.9 Å². The van der Waals surface area contributed by atoms with E-state index < -0.39 is 0 Å². The Hall–Kier alpha value is -1.57. The molecule has 16 heavy (non-hydrogen) atoms. The topological polar surface area (TPSA) is 26.3 Å². The first-order chi connectivity index (χ1) is 7.81. The van der Waals surface area contributed by atoms with Crippen LogP contribution in [0.3, 0.4) is 0 Å². The van der Waals surface area contributed by atoms with Crippen LogP contribution in [0.4, 0.5) is 0 Å². The molecule has 0 aromatic heterocycles. The van der Waals surface area contributed by atoms with Crippen molar-refractivity contribution in [3.05, 3.63) is 42.5 Å². The van der Waals surface area contributed by atoms with Crippen LogP contribution in [0.1, 0.15) is 24.8 Å². The summed E-state index contributed by atoms with van der Waals surface area (Å²) in [4.78, 5) is 11.8. The molecule has 1 aromatic carbocycles. The number of allylic oxidation sites excluding steroid dienone is 1. The summed E-state index contributed by atoms with van der Waals surface area (Å²) in [6, 6.07) is 7.86. The highest BCUT2D eigenvalue weighted by Crippen LogP contribution is 2.29. The maximum absolute atomic E-state index is 11.8. The smallest absolute Gasteiger partial charge is 0.173 e. The van der Waals surface area contributed by atoms with Crippen LogP contribution in [-0.2, 0) is 11.2 Å². The van der Waals surface area contributed by atoms with E-state index in [1.165, 1.54) is 0 Å². The number of unbranched alkanes of at least 4 members (excludes halogenated alkanes) is 1. The zero-order chi connectivity index (χ0) is 11.4. The number of ketones is 1. The summed E-state index contributed by atoms with van der Waals surface area (Å²) in [5, 5.41) is 0. The number of hydrogen-bond donors (Lipinski definition) is 0. The van der Waals surface area contributed by atoms with E-state index in [-0.39, 0.29) is 11.9 Å². The third kappa shape index (κ3) is 2.32. The van der Waals surface area contributed by atoms with Crippen LogP contribution in [0.25, 0.3) is 0 Å². The number of carbonyl (C=O) groups is 1. The highest BCUT2D eigenvalue weighted by atomic mass is 16.5. The lowest BCUT2D eigenvalue weighted by Crippen LogP contribution is -2.24. The molecule has 1 atom stereocenters. The molecule has 2 heteroatoms. The van der Waals surface area contributed by atoms with Crippen molar-refractivity contribution in [2.75, 3.05) is 0 Å². The van der Waals surface area contributed by atoms with Gasteiger partial charge in [0.1, 0.15) is 5.75 Å². The van der Waals surface area contributed by atoms with E-state index in [0.29, 0.717) is 6.42 Å². The molecule has 0 aliphatic carbocycles. The minimum absolute atomic E-state index is 0.207. The third-order valence-electron chi connectivity index (χ3n) is 2.84. The summed E-state index contributed by atoms with van der Waals surface area (Å²) in [5.74, 6) is 1.07. The summed E-state index contributed by atoms with van der Waals surface area (Å²) in [7, 11) is 0. The summed E-state index contributed by atoms with van der Waals surface area (Å²) in [6.45, 7) is 3.64. The molecule has 0 saturated heterocycles. The molecule has 2 rings (SSSR count). The van der Waals surface area contributed by atoms with E-state index in [1.807, 2.05) is 30.3 Å². The van der Waals surface area contributed by atoms with Crippen molar-refractivity contribution in [1.29, 1.82) is 0 Å². The SMILES string of the molecule is C=CCCCC(=O)C1Cc2ccccc2O1. The van der Waals surface area contributed by atoms with Gasteiger partial charge in [-0.3, -0.25) is 4.79 Å². The molecule has 0 N–H and O–H groups in total. The fourth-order valence-corrected chi connectivity index (χ4v) is 1.94. The van der Waals surface area contributed by atoms with Crippen molar-refractivity contribution < 1.29 is 9.53 Å². The summed E-state index contributed by atoms with van der Waals surface area (Å²) >= 11 is 0. The zero-order valence-electron chi connectivity index (χ0n) is 9.32. The number of benzene rings is 1. The van der Waals surface area contributed by atoms with E-state index in [4.69, 9.17) is 4.74 Å². The van der Waals surface area contributed by atoms with Crippen LogP contribution < -0.4 is 4.74 Å². The van der Waals surface area contributed by atoms with Gasteiger partial charge < -0.3 is 4.74 Å². The fourth-order valence-electron chi connectivity index (χ4n) is 1.94. The molecule has 1 aliphatic heterocycles. The highest BCUT2D eigenvalue weighted by Gasteiger charge is 2.27. The van der Waals surface area contributed by atoms with Crippen LogP contribution >= 0.6 is 0 Å². The summed E-state index contributed by atoms with van der Waals surface area (Å²) < 4.78 is 5.62. The van der Waals surface area contributed by atoms with Gasteiger partial charge in [-0.2, -0.15) is 0 Å². The predicted octanol–water partition coefficient (Wildman–Crippen LogP) is 2.92. The Balaban J connectivity index is 1.90. The van der Waals surface area contributed by atoms with Crippen molar-refractivity contribution in [3.8, 4) is 5.75 Å². The molecule has 0 bridgehead atoms. The van der Waals surface area contributed by atoms with Crippen molar-refractivity contribution in [1.82, 2.24) is 0 Å². The number of rotatable bonds is 5. The molecule has 1 heterocycles. The lowest BCUT2D eigenvalue weighted by Gasteiger charge is -2.08. The first-order valence-electron chi connectivity index (χ1n) is 5.69. The summed E-state index contributed by atoms with van der Waals surface area (Å²) in [5.41, 5.74) is 1.14. The van der Waals surface area contributed by atoms with Gasteiger partial charge in [0.05, 0.1) is 0 Å². The number of ether oxygens (including phenoxy) is 1. The highest BCUT2D eigenvalue weighted by molar-refractivity contribution is 5.84. The third-order valence-corrected chi connectivity index (χ3v) is 2.84. The first-order valence-corrected chi connectivity index (χ1v) is 5.69. The molecule has 0 amide bonds. The lowest BCUT2D eigenvalue weighted by atomic mass is 10.0. The minimum atomic E-state index is -0.262. The molecule has 2 nitrogen and oxygen atoms in total. The van der Waals surface area contributed by atoms with Crippen molar-refractivity contribution >= 4 is 5.78 Å². The number of fused-ring (bicyclic) bond motifs is 1. The molecule has 1 unspecified atom stereocenters. The maximum atomic E-state index is 11.8. The average Bonchev–Trinajstić information content (AvgIpc) is 2.73.